The first kappa shape index (κ1) is 22.5. The number of nitrogens with zero attached hydrogens (tertiary/aromatic N) is 6. The molecule has 0 amide bonds. The van der Waals surface area contributed by atoms with Crippen molar-refractivity contribution < 1.29 is 9.13 Å². The molecule has 4 heterocycles. The maximum Gasteiger partial charge on any atom is 0.228 e. The summed E-state index contributed by atoms with van der Waals surface area (Å²) in [6.45, 7) is 11.4. The van der Waals surface area contributed by atoms with Crippen molar-refractivity contribution in [3.8, 4) is 11.3 Å². The Morgan fingerprint density at radius 1 is 0.941 bits per heavy atom. The molecule has 2 aromatic heterocycles. The molecule has 1 atom stereocenters. The molecule has 2 aliphatic rings. The van der Waals surface area contributed by atoms with Crippen LogP contribution in [0, 0.1) is 19.7 Å². The number of piperazine rings is 1. The van der Waals surface area contributed by atoms with Gasteiger partial charge in [-0.15, -0.1) is 0 Å². The summed E-state index contributed by atoms with van der Waals surface area (Å²) in [7, 11) is 0. The number of hydrogen-bond donors (Lipinski definition) is 0. The topological polar surface area (TPSA) is 57.6 Å². The van der Waals surface area contributed by atoms with Crippen LogP contribution in [0.1, 0.15) is 18.1 Å². The number of hydrogen-bond acceptors (Lipinski definition) is 7. The third-order valence-electron chi connectivity index (χ3n) is 6.67. The number of aromatic nitrogens is 3. The highest BCUT2D eigenvalue weighted by molar-refractivity contribution is 5.66. The van der Waals surface area contributed by atoms with E-state index >= 15 is 0 Å². The van der Waals surface area contributed by atoms with E-state index in [9.17, 15) is 4.39 Å². The van der Waals surface area contributed by atoms with E-state index in [4.69, 9.17) is 14.7 Å². The van der Waals surface area contributed by atoms with Gasteiger partial charge in [-0.25, -0.2) is 14.4 Å². The summed E-state index contributed by atoms with van der Waals surface area (Å²) in [5.74, 6) is 2.36. The summed E-state index contributed by atoms with van der Waals surface area (Å²) < 4.78 is 19.9. The summed E-state index contributed by atoms with van der Waals surface area (Å²) in [5.41, 5.74) is 3.31. The molecule has 8 heteroatoms. The zero-order valence-corrected chi connectivity index (χ0v) is 20.0. The van der Waals surface area contributed by atoms with Gasteiger partial charge in [0.05, 0.1) is 18.9 Å². The normalized spacial score (nSPS) is 18.9. The highest BCUT2D eigenvalue weighted by Gasteiger charge is 2.28. The fraction of sp³-hybridized carbons (Fsp3) is 0.423. The number of pyridine rings is 1. The van der Waals surface area contributed by atoms with Crippen molar-refractivity contribution in [2.75, 3.05) is 60.6 Å². The second-order valence-electron chi connectivity index (χ2n) is 9.11. The Labute approximate surface area is 200 Å². The molecule has 0 unspecified atom stereocenters. The van der Waals surface area contributed by atoms with E-state index in [1.54, 1.807) is 19.1 Å². The molecule has 2 fully saturated rings. The van der Waals surface area contributed by atoms with Crippen molar-refractivity contribution in [1.29, 1.82) is 0 Å². The Kier molecular flexibility index (Phi) is 6.32. The minimum Gasteiger partial charge on any atom is -0.378 e. The lowest BCUT2D eigenvalue weighted by Gasteiger charge is -2.41. The SMILES string of the molecule is Cc1ccc(-c2cc(N3CCN(c4ncccc4C)C[C@H]3C)nc(N3CCOCC3)n2)cc1F. The van der Waals surface area contributed by atoms with Gasteiger partial charge >= 0.3 is 0 Å². The highest BCUT2D eigenvalue weighted by Crippen LogP contribution is 2.29. The van der Waals surface area contributed by atoms with Crippen molar-refractivity contribution in [2.24, 2.45) is 0 Å². The molecule has 0 spiro atoms. The maximum absolute atomic E-state index is 14.4. The van der Waals surface area contributed by atoms with E-state index in [0.29, 0.717) is 24.7 Å². The number of ether oxygens (including phenoxy) is 1. The van der Waals surface area contributed by atoms with E-state index in [0.717, 1.165) is 55.6 Å². The van der Waals surface area contributed by atoms with Gasteiger partial charge in [0.2, 0.25) is 5.95 Å². The predicted molar refractivity (Wildman–Crippen MR) is 133 cm³/mol. The molecule has 2 saturated heterocycles. The number of halogens is 1. The van der Waals surface area contributed by atoms with Gasteiger partial charge in [-0.1, -0.05) is 18.2 Å². The lowest BCUT2D eigenvalue weighted by atomic mass is 10.1. The predicted octanol–water partition coefficient (Wildman–Crippen LogP) is 3.85. The van der Waals surface area contributed by atoms with Crippen LogP contribution in [0.4, 0.5) is 22.0 Å². The molecule has 34 heavy (non-hydrogen) atoms. The molecule has 3 aromatic rings. The van der Waals surface area contributed by atoms with Crippen molar-refractivity contribution >= 4 is 17.6 Å². The van der Waals surface area contributed by atoms with E-state index in [2.05, 4.69) is 39.6 Å². The first-order valence-electron chi connectivity index (χ1n) is 11.9. The Bertz CT molecular complexity index is 1170. The van der Waals surface area contributed by atoms with Gasteiger partial charge in [-0.05, 0) is 44.0 Å². The van der Waals surface area contributed by atoms with Gasteiger partial charge in [-0.3, -0.25) is 0 Å². The van der Waals surface area contributed by atoms with Crippen molar-refractivity contribution in [3.63, 3.8) is 0 Å². The van der Waals surface area contributed by atoms with Crippen LogP contribution in [0.3, 0.4) is 0 Å². The average Bonchev–Trinajstić information content (AvgIpc) is 2.86. The lowest BCUT2D eigenvalue weighted by molar-refractivity contribution is 0.122. The third-order valence-corrected chi connectivity index (χ3v) is 6.67. The Balaban J connectivity index is 1.47. The summed E-state index contributed by atoms with van der Waals surface area (Å²) in [5, 5.41) is 0. The van der Waals surface area contributed by atoms with Gasteiger partial charge in [-0.2, -0.15) is 4.98 Å². The quantitative estimate of drug-likeness (QED) is 0.584. The molecule has 0 radical (unpaired) electrons. The smallest absolute Gasteiger partial charge is 0.228 e. The maximum atomic E-state index is 14.4. The van der Waals surface area contributed by atoms with Crippen LogP contribution < -0.4 is 14.7 Å². The van der Waals surface area contributed by atoms with Crippen molar-refractivity contribution in [1.82, 2.24) is 15.0 Å². The minimum absolute atomic E-state index is 0.224. The van der Waals surface area contributed by atoms with Gasteiger partial charge in [0.15, 0.2) is 0 Å². The van der Waals surface area contributed by atoms with Crippen LogP contribution in [-0.4, -0.2) is 66.9 Å². The van der Waals surface area contributed by atoms with E-state index in [-0.39, 0.29) is 11.9 Å². The van der Waals surface area contributed by atoms with Crippen LogP contribution in [-0.2, 0) is 4.74 Å². The van der Waals surface area contributed by atoms with E-state index in [1.165, 1.54) is 5.56 Å². The molecular formula is C26H31FN6O. The third kappa shape index (κ3) is 4.55. The van der Waals surface area contributed by atoms with Gasteiger partial charge in [0.1, 0.15) is 17.5 Å². The zero-order valence-electron chi connectivity index (χ0n) is 20.0. The second-order valence-corrected chi connectivity index (χ2v) is 9.11. The van der Waals surface area contributed by atoms with Crippen LogP contribution in [0.2, 0.25) is 0 Å². The Morgan fingerprint density at radius 3 is 2.50 bits per heavy atom. The molecule has 0 bridgehead atoms. The van der Waals surface area contributed by atoms with Crippen LogP contribution in [0.5, 0.6) is 0 Å². The summed E-state index contributed by atoms with van der Waals surface area (Å²) >= 11 is 0. The first-order valence-corrected chi connectivity index (χ1v) is 11.9. The summed E-state index contributed by atoms with van der Waals surface area (Å²) in [6, 6.07) is 11.6. The summed E-state index contributed by atoms with van der Waals surface area (Å²) in [4.78, 5) is 21.2. The molecule has 0 saturated carbocycles. The lowest BCUT2D eigenvalue weighted by Crippen LogP contribution is -2.53. The fourth-order valence-corrected chi connectivity index (χ4v) is 4.67. The van der Waals surface area contributed by atoms with Gasteiger partial charge in [0, 0.05) is 56.6 Å². The molecule has 178 valence electrons. The Hall–Kier alpha value is -3.26. The molecule has 1 aromatic carbocycles. The summed E-state index contributed by atoms with van der Waals surface area (Å²) in [6.07, 6.45) is 1.85. The van der Waals surface area contributed by atoms with E-state index < -0.39 is 0 Å². The molecule has 7 nitrogen and oxygen atoms in total. The van der Waals surface area contributed by atoms with Crippen LogP contribution in [0.15, 0.2) is 42.6 Å². The number of benzene rings is 1. The zero-order chi connectivity index (χ0) is 23.7. The largest absolute Gasteiger partial charge is 0.378 e. The number of rotatable bonds is 4. The van der Waals surface area contributed by atoms with Crippen LogP contribution >= 0.6 is 0 Å². The second kappa shape index (κ2) is 9.54. The number of morpholine rings is 1. The standard InChI is InChI=1S/C26H31FN6O/c1-18-6-7-21(15-22(18)27)23-16-24(30-26(29-23)31-11-13-34-14-12-31)33-10-9-32(17-20(33)3)25-19(2)5-4-8-28-25/h4-8,15-16,20H,9-14,17H2,1-3H3/t20-/m1/s1. The number of aryl methyl sites for hydroxylation is 2. The molecule has 5 rings (SSSR count). The van der Waals surface area contributed by atoms with Crippen molar-refractivity contribution in [3.05, 3.63) is 59.5 Å². The molecule has 0 N–H and O–H groups in total. The monoisotopic (exact) mass is 462 g/mol. The highest BCUT2D eigenvalue weighted by atomic mass is 19.1. The van der Waals surface area contributed by atoms with Gasteiger partial charge < -0.3 is 19.4 Å². The molecular weight excluding hydrogens is 431 g/mol. The molecule has 2 aliphatic heterocycles. The fourth-order valence-electron chi connectivity index (χ4n) is 4.67. The van der Waals surface area contributed by atoms with Crippen LogP contribution in [0.25, 0.3) is 11.3 Å². The average molecular weight is 463 g/mol. The Morgan fingerprint density at radius 2 is 1.76 bits per heavy atom. The van der Waals surface area contributed by atoms with Gasteiger partial charge in [0.25, 0.3) is 0 Å². The minimum atomic E-state index is -0.224. The number of anilines is 3. The van der Waals surface area contributed by atoms with Crippen molar-refractivity contribution in [2.45, 2.75) is 26.8 Å². The molecule has 0 aliphatic carbocycles. The van der Waals surface area contributed by atoms with E-state index in [1.807, 2.05) is 24.4 Å². The first-order chi connectivity index (χ1) is 16.5.